The average molecular weight is 335 g/mol. The van der Waals surface area contributed by atoms with E-state index < -0.39 is 0 Å². The summed E-state index contributed by atoms with van der Waals surface area (Å²) < 4.78 is 5.42. The second kappa shape index (κ2) is 6.33. The van der Waals surface area contributed by atoms with Gasteiger partial charge in [0.25, 0.3) is 0 Å². The van der Waals surface area contributed by atoms with E-state index in [1.807, 2.05) is 18.2 Å². The number of anilines is 2. The molecule has 2 bridgehead atoms. The highest BCUT2D eigenvalue weighted by atomic mass is 35.5. The first-order valence-electron chi connectivity index (χ1n) is 8.64. The zero-order valence-electron chi connectivity index (χ0n) is 13.3. The monoisotopic (exact) mass is 334 g/mol. The Morgan fingerprint density at radius 3 is 2.74 bits per heavy atom. The number of hydrogen-bond donors (Lipinski definition) is 1. The second-order valence-corrected chi connectivity index (χ2v) is 7.41. The molecule has 1 aromatic rings. The van der Waals surface area contributed by atoms with E-state index in [-0.39, 0.29) is 11.8 Å². The number of hydrogen-bond acceptors (Lipinski definition) is 3. The van der Waals surface area contributed by atoms with Gasteiger partial charge in [0.1, 0.15) is 0 Å². The highest BCUT2D eigenvalue weighted by Crippen LogP contribution is 2.48. The van der Waals surface area contributed by atoms with E-state index in [0.29, 0.717) is 24.2 Å². The van der Waals surface area contributed by atoms with Crippen LogP contribution in [0.4, 0.5) is 11.4 Å². The van der Waals surface area contributed by atoms with E-state index in [9.17, 15) is 4.79 Å². The molecule has 1 aliphatic heterocycles. The first-order chi connectivity index (χ1) is 11.2. The summed E-state index contributed by atoms with van der Waals surface area (Å²) in [5.41, 5.74) is 1.78. The van der Waals surface area contributed by atoms with Crippen LogP contribution in [-0.4, -0.2) is 32.2 Å². The van der Waals surface area contributed by atoms with Crippen LogP contribution in [-0.2, 0) is 9.53 Å². The van der Waals surface area contributed by atoms with Gasteiger partial charge in [0.2, 0.25) is 5.91 Å². The Kier molecular flexibility index (Phi) is 4.20. The minimum Gasteiger partial charge on any atom is -0.378 e. The van der Waals surface area contributed by atoms with Crippen LogP contribution in [0.3, 0.4) is 0 Å². The molecule has 3 atom stereocenters. The zero-order valence-corrected chi connectivity index (χ0v) is 14.0. The lowest BCUT2D eigenvalue weighted by molar-refractivity contribution is -0.121. The summed E-state index contributed by atoms with van der Waals surface area (Å²) in [6.45, 7) is 3.01. The SMILES string of the molecule is O=C(Nc1cccc(Cl)c1N1CCOCC1)C1CC2CCC1C2. The number of fused-ring (bicyclic) bond motifs is 2. The van der Waals surface area contributed by atoms with Crippen molar-refractivity contribution in [3.8, 4) is 0 Å². The molecule has 1 aromatic carbocycles. The molecule has 1 amide bonds. The standard InChI is InChI=1S/C18H23ClN2O2/c19-15-2-1-3-16(17(15)21-6-8-23-9-7-21)20-18(22)14-11-12-4-5-13(14)10-12/h1-3,12-14H,4-11H2,(H,20,22). The minimum atomic E-state index is 0.175. The molecule has 3 unspecified atom stereocenters. The third-order valence-corrected chi connectivity index (χ3v) is 5.95. The number of carbonyl (C=O) groups is 1. The van der Waals surface area contributed by atoms with Crippen molar-refractivity contribution in [3.05, 3.63) is 23.2 Å². The molecule has 2 aliphatic carbocycles. The van der Waals surface area contributed by atoms with Crippen molar-refractivity contribution in [2.45, 2.75) is 25.7 Å². The van der Waals surface area contributed by atoms with E-state index in [1.165, 1.54) is 19.3 Å². The molecule has 0 spiro atoms. The van der Waals surface area contributed by atoms with E-state index >= 15 is 0 Å². The molecular weight excluding hydrogens is 312 g/mol. The summed E-state index contributed by atoms with van der Waals surface area (Å²) in [6, 6.07) is 5.75. The van der Waals surface area contributed by atoms with Crippen LogP contribution in [0.25, 0.3) is 0 Å². The van der Waals surface area contributed by atoms with Crippen molar-refractivity contribution in [2.24, 2.45) is 17.8 Å². The third-order valence-electron chi connectivity index (χ3n) is 5.65. The summed E-state index contributed by atoms with van der Waals surface area (Å²) in [5.74, 6) is 1.72. The molecule has 4 rings (SSSR count). The molecule has 5 heteroatoms. The Bertz CT molecular complexity index is 601. The molecule has 0 radical (unpaired) electrons. The predicted molar refractivity (Wildman–Crippen MR) is 92.1 cm³/mol. The molecule has 4 nitrogen and oxygen atoms in total. The molecular formula is C18H23ClN2O2. The molecule has 2 saturated carbocycles. The molecule has 3 fully saturated rings. The summed E-state index contributed by atoms with van der Waals surface area (Å²) >= 11 is 6.44. The fourth-order valence-electron chi connectivity index (χ4n) is 4.52. The lowest BCUT2D eigenvalue weighted by Gasteiger charge is -2.31. The van der Waals surface area contributed by atoms with Crippen LogP contribution in [0.2, 0.25) is 5.02 Å². The lowest BCUT2D eigenvalue weighted by atomic mass is 9.88. The maximum absolute atomic E-state index is 12.8. The smallest absolute Gasteiger partial charge is 0.227 e. The van der Waals surface area contributed by atoms with Gasteiger partial charge < -0.3 is 15.0 Å². The van der Waals surface area contributed by atoms with Gasteiger partial charge in [0.15, 0.2) is 0 Å². The van der Waals surface area contributed by atoms with E-state index in [4.69, 9.17) is 16.3 Å². The van der Waals surface area contributed by atoms with Gasteiger partial charge in [0.05, 0.1) is 29.6 Å². The number of para-hydroxylation sites is 1. The van der Waals surface area contributed by atoms with Gasteiger partial charge in [-0.3, -0.25) is 4.79 Å². The van der Waals surface area contributed by atoms with Gasteiger partial charge in [-0.2, -0.15) is 0 Å². The number of benzene rings is 1. The summed E-state index contributed by atoms with van der Waals surface area (Å²) in [7, 11) is 0. The maximum Gasteiger partial charge on any atom is 0.227 e. The first-order valence-corrected chi connectivity index (χ1v) is 9.02. The van der Waals surface area contributed by atoms with Crippen LogP contribution in [0.15, 0.2) is 18.2 Å². The number of rotatable bonds is 3. The van der Waals surface area contributed by atoms with E-state index in [1.54, 1.807) is 0 Å². The number of carbonyl (C=O) groups excluding carboxylic acids is 1. The van der Waals surface area contributed by atoms with Crippen molar-refractivity contribution in [3.63, 3.8) is 0 Å². The largest absolute Gasteiger partial charge is 0.378 e. The van der Waals surface area contributed by atoms with Gasteiger partial charge in [-0.25, -0.2) is 0 Å². The number of amides is 1. The van der Waals surface area contributed by atoms with Crippen molar-refractivity contribution in [1.29, 1.82) is 0 Å². The summed E-state index contributed by atoms with van der Waals surface area (Å²) in [4.78, 5) is 15.0. The van der Waals surface area contributed by atoms with E-state index in [0.717, 1.165) is 36.8 Å². The van der Waals surface area contributed by atoms with Gasteiger partial charge >= 0.3 is 0 Å². The highest BCUT2D eigenvalue weighted by molar-refractivity contribution is 6.34. The Labute approximate surface area is 142 Å². The maximum atomic E-state index is 12.8. The Morgan fingerprint density at radius 1 is 1.22 bits per heavy atom. The van der Waals surface area contributed by atoms with Crippen LogP contribution >= 0.6 is 11.6 Å². The molecule has 3 aliphatic rings. The summed E-state index contributed by atoms with van der Waals surface area (Å²) in [6.07, 6.45) is 4.83. The van der Waals surface area contributed by atoms with Crippen molar-refractivity contribution in [1.82, 2.24) is 0 Å². The minimum absolute atomic E-state index is 0.175. The van der Waals surface area contributed by atoms with Crippen LogP contribution in [0.1, 0.15) is 25.7 Å². The van der Waals surface area contributed by atoms with Crippen molar-refractivity contribution >= 4 is 28.9 Å². The van der Waals surface area contributed by atoms with Crippen LogP contribution in [0.5, 0.6) is 0 Å². The van der Waals surface area contributed by atoms with Gasteiger partial charge in [-0.05, 0) is 43.2 Å². The average Bonchev–Trinajstić information content (AvgIpc) is 3.19. The molecule has 1 N–H and O–H groups in total. The van der Waals surface area contributed by atoms with Gasteiger partial charge in [0, 0.05) is 19.0 Å². The number of halogens is 1. The topological polar surface area (TPSA) is 41.6 Å². The second-order valence-electron chi connectivity index (χ2n) is 7.01. The highest BCUT2D eigenvalue weighted by Gasteiger charge is 2.43. The quantitative estimate of drug-likeness (QED) is 0.919. The third kappa shape index (κ3) is 2.94. The van der Waals surface area contributed by atoms with Crippen LogP contribution in [0, 0.1) is 17.8 Å². The van der Waals surface area contributed by atoms with Gasteiger partial charge in [-0.15, -0.1) is 0 Å². The van der Waals surface area contributed by atoms with E-state index in [2.05, 4.69) is 10.2 Å². The van der Waals surface area contributed by atoms with Crippen molar-refractivity contribution in [2.75, 3.05) is 36.5 Å². The Balaban J connectivity index is 1.54. The number of nitrogens with one attached hydrogen (secondary N) is 1. The molecule has 23 heavy (non-hydrogen) atoms. The normalized spacial score (nSPS) is 29.8. The Hall–Kier alpha value is -1.26. The number of ether oxygens (including phenoxy) is 1. The Morgan fingerprint density at radius 2 is 2.04 bits per heavy atom. The molecule has 1 saturated heterocycles. The molecule has 1 heterocycles. The molecule has 124 valence electrons. The first kappa shape index (κ1) is 15.3. The fraction of sp³-hybridized carbons (Fsp3) is 0.611. The van der Waals surface area contributed by atoms with Crippen molar-refractivity contribution < 1.29 is 9.53 Å². The predicted octanol–water partition coefficient (Wildman–Crippen LogP) is 3.55. The zero-order chi connectivity index (χ0) is 15.8. The van der Waals surface area contributed by atoms with Gasteiger partial charge in [-0.1, -0.05) is 24.1 Å². The molecule has 0 aromatic heterocycles. The lowest BCUT2D eigenvalue weighted by Crippen LogP contribution is -2.37. The number of morpholine rings is 1. The number of nitrogens with zero attached hydrogens (tertiary/aromatic N) is 1. The fourth-order valence-corrected chi connectivity index (χ4v) is 4.81. The summed E-state index contributed by atoms with van der Waals surface area (Å²) in [5, 5.41) is 3.86. The van der Waals surface area contributed by atoms with Crippen LogP contribution < -0.4 is 10.2 Å².